The van der Waals surface area contributed by atoms with Gasteiger partial charge in [-0.25, -0.2) is 4.98 Å². The van der Waals surface area contributed by atoms with E-state index >= 15 is 0 Å². The molecule has 1 fully saturated rings. The van der Waals surface area contributed by atoms with Gasteiger partial charge in [0.15, 0.2) is 0 Å². The molecule has 1 aliphatic carbocycles. The van der Waals surface area contributed by atoms with Gasteiger partial charge >= 0.3 is 0 Å². The fourth-order valence-electron chi connectivity index (χ4n) is 3.08. The minimum absolute atomic E-state index is 0.482. The lowest BCUT2D eigenvalue weighted by atomic mass is 9.91. The molecule has 0 amide bonds. The lowest BCUT2D eigenvalue weighted by Crippen LogP contribution is -2.15. The number of methoxy groups -OCH3 is 1. The van der Waals surface area contributed by atoms with E-state index in [0.29, 0.717) is 17.6 Å². The smallest absolute Gasteiger partial charge is 0.226 e. The first-order chi connectivity index (χ1) is 11.2. The van der Waals surface area contributed by atoms with Crippen LogP contribution in [0.4, 0.5) is 0 Å². The van der Waals surface area contributed by atoms with Crippen LogP contribution in [0.2, 0.25) is 0 Å². The first-order valence-corrected chi connectivity index (χ1v) is 9.67. The van der Waals surface area contributed by atoms with Crippen molar-refractivity contribution < 1.29 is 13.4 Å². The number of hydrogen-bond donors (Lipinski definition) is 0. The van der Waals surface area contributed by atoms with Crippen LogP contribution in [0.15, 0.2) is 34.9 Å². The van der Waals surface area contributed by atoms with Gasteiger partial charge in [-0.2, -0.15) is 0 Å². The molecule has 0 bridgehead atoms. The molecule has 1 saturated carbocycles. The maximum atomic E-state index is 12.3. The lowest BCUT2D eigenvalue weighted by Gasteiger charge is -2.20. The molecule has 124 valence electrons. The van der Waals surface area contributed by atoms with Crippen LogP contribution in [0.25, 0.3) is 11.5 Å². The summed E-state index contributed by atoms with van der Waals surface area (Å²) in [6.07, 6.45) is 7.97. The summed E-state index contributed by atoms with van der Waals surface area (Å²) >= 11 is 0. The molecule has 0 aliphatic heterocycles. The predicted octanol–water partition coefficient (Wildman–Crippen LogP) is 4.18. The quantitative estimate of drug-likeness (QED) is 0.796. The first kappa shape index (κ1) is 16.2. The Hall–Kier alpha value is -1.62. The second kappa shape index (κ2) is 7.77. The fraction of sp³-hybridized carbons (Fsp3) is 0.500. The third-order valence-corrected chi connectivity index (χ3v) is 5.80. The van der Waals surface area contributed by atoms with Gasteiger partial charge < -0.3 is 9.15 Å². The van der Waals surface area contributed by atoms with E-state index in [1.54, 1.807) is 13.4 Å². The molecular weight excluding hydrogens is 310 g/mol. The third-order valence-electron chi connectivity index (χ3n) is 4.34. The minimum atomic E-state index is -0.859. The number of hydrogen-bond acceptors (Lipinski definition) is 4. The molecule has 1 aliphatic rings. The van der Waals surface area contributed by atoms with Crippen molar-refractivity contribution in [2.45, 2.75) is 37.9 Å². The van der Waals surface area contributed by atoms with Crippen LogP contribution < -0.4 is 4.74 Å². The van der Waals surface area contributed by atoms with Crippen molar-refractivity contribution in [1.82, 2.24) is 4.98 Å². The Morgan fingerprint density at radius 2 is 1.96 bits per heavy atom. The molecule has 5 heteroatoms. The predicted molar refractivity (Wildman–Crippen MR) is 91.8 cm³/mol. The Labute approximate surface area is 139 Å². The van der Waals surface area contributed by atoms with Crippen LogP contribution in [0.3, 0.4) is 0 Å². The van der Waals surface area contributed by atoms with Gasteiger partial charge in [-0.1, -0.05) is 19.3 Å². The second-order valence-electron chi connectivity index (χ2n) is 6.13. The van der Waals surface area contributed by atoms with E-state index in [9.17, 15) is 4.21 Å². The van der Waals surface area contributed by atoms with Crippen molar-refractivity contribution in [2.24, 2.45) is 5.92 Å². The zero-order valence-corrected chi connectivity index (χ0v) is 14.3. The Balaban J connectivity index is 1.58. The van der Waals surface area contributed by atoms with E-state index in [-0.39, 0.29) is 0 Å². The summed E-state index contributed by atoms with van der Waals surface area (Å²) < 4.78 is 23.0. The van der Waals surface area contributed by atoms with Crippen LogP contribution >= 0.6 is 0 Å². The van der Waals surface area contributed by atoms with Crippen LogP contribution in [0.5, 0.6) is 5.75 Å². The maximum Gasteiger partial charge on any atom is 0.226 e. The van der Waals surface area contributed by atoms with E-state index in [0.717, 1.165) is 22.8 Å². The summed E-state index contributed by atoms with van der Waals surface area (Å²) in [5, 5.41) is 0. The molecule has 1 heterocycles. The Morgan fingerprint density at radius 1 is 1.22 bits per heavy atom. The zero-order chi connectivity index (χ0) is 16.1. The van der Waals surface area contributed by atoms with Crippen molar-refractivity contribution >= 4 is 10.8 Å². The van der Waals surface area contributed by atoms with Crippen LogP contribution in [0.1, 0.15) is 37.8 Å². The molecule has 0 spiro atoms. The Kier molecular flexibility index (Phi) is 5.49. The average Bonchev–Trinajstić information content (AvgIpc) is 3.04. The molecule has 1 aromatic carbocycles. The number of nitrogens with zero attached hydrogens (tertiary/aromatic N) is 1. The molecule has 0 saturated heterocycles. The summed E-state index contributed by atoms with van der Waals surface area (Å²) in [6.45, 7) is 0. The van der Waals surface area contributed by atoms with Crippen molar-refractivity contribution in [3.63, 3.8) is 0 Å². The molecular formula is C18H23NO3S. The van der Waals surface area contributed by atoms with Crippen molar-refractivity contribution in [3.8, 4) is 17.2 Å². The maximum absolute atomic E-state index is 12.3. The largest absolute Gasteiger partial charge is 0.497 e. The van der Waals surface area contributed by atoms with Crippen molar-refractivity contribution in [1.29, 1.82) is 0 Å². The van der Waals surface area contributed by atoms with Gasteiger partial charge in [0.2, 0.25) is 5.89 Å². The van der Waals surface area contributed by atoms with Gasteiger partial charge in [-0.05, 0) is 43.0 Å². The van der Waals surface area contributed by atoms with Crippen molar-refractivity contribution in [2.75, 3.05) is 12.9 Å². The average molecular weight is 333 g/mol. The molecule has 1 aromatic heterocycles. The summed E-state index contributed by atoms with van der Waals surface area (Å²) in [6, 6.07) is 7.57. The SMILES string of the molecule is COc1ccc(-c2nc(C[S@](=O)CC3CCCCC3)co2)cc1. The highest BCUT2D eigenvalue weighted by Crippen LogP contribution is 2.25. The fourth-order valence-corrected chi connectivity index (χ4v) is 4.52. The molecule has 0 N–H and O–H groups in total. The van der Waals surface area contributed by atoms with E-state index in [4.69, 9.17) is 9.15 Å². The van der Waals surface area contributed by atoms with Gasteiger partial charge in [-0.15, -0.1) is 0 Å². The normalized spacial score (nSPS) is 17.1. The van der Waals surface area contributed by atoms with E-state index in [1.807, 2.05) is 24.3 Å². The Bertz CT molecular complexity index is 645. The minimum Gasteiger partial charge on any atom is -0.497 e. The molecule has 0 radical (unpaired) electrons. The summed E-state index contributed by atoms with van der Waals surface area (Å²) in [5.74, 6) is 3.27. The molecule has 23 heavy (non-hydrogen) atoms. The highest BCUT2D eigenvalue weighted by Gasteiger charge is 2.17. The van der Waals surface area contributed by atoms with Gasteiger partial charge in [0.05, 0.1) is 18.6 Å². The standard InChI is InChI=1S/C18H23NO3S/c1-21-17-9-7-15(8-10-17)18-19-16(11-22-18)13-23(20)12-14-5-3-2-4-6-14/h7-11,14H,2-6,12-13H2,1H3/t23-/m1/s1. The summed E-state index contributed by atoms with van der Waals surface area (Å²) in [5.41, 5.74) is 1.67. The van der Waals surface area contributed by atoms with Crippen molar-refractivity contribution in [3.05, 3.63) is 36.2 Å². The topological polar surface area (TPSA) is 52.3 Å². The summed E-state index contributed by atoms with van der Waals surface area (Å²) in [7, 11) is 0.780. The molecule has 0 unspecified atom stereocenters. The highest BCUT2D eigenvalue weighted by molar-refractivity contribution is 7.84. The van der Waals surface area contributed by atoms with E-state index < -0.39 is 10.8 Å². The summed E-state index contributed by atoms with van der Waals surface area (Å²) in [4.78, 5) is 4.47. The van der Waals surface area contributed by atoms with Crippen LogP contribution in [-0.2, 0) is 16.6 Å². The number of oxazole rings is 1. The molecule has 4 nitrogen and oxygen atoms in total. The third kappa shape index (κ3) is 4.44. The number of rotatable bonds is 6. The second-order valence-corrected chi connectivity index (χ2v) is 7.63. The number of ether oxygens (including phenoxy) is 1. The van der Waals surface area contributed by atoms with Gasteiger partial charge in [0, 0.05) is 22.1 Å². The monoisotopic (exact) mass is 333 g/mol. The number of aromatic nitrogens is 1. The number of benzene rings is 1. The first-order valence-electron chi connectivity index (χ1n) is 8.18. The molecule has 1 atom stereocenters. The van der Waals surface area contributed by atoms with Crippen LogP contribution in [0, 0.1) is 5.92 Å². The van der Waals surface area contributed by atoms with Gasteiger partial charge in [0.25, 0.3) is 0 Å². The van der Waals surface area contributed by atoms with E-state index in [2.05, 4.69) is 4.98 Å². The van der Waals surface area contributed by atoms with Gasteiger partial charge in [0.1, 0.15) is 12.0 Å². The Morgan fingerprint density at radius 3 is 2.65 bits per heavy atom. The molecule has 2 aromatic rings. The molecule has 3 rings (SSSR count). The highest BCUT2D eigenvalue weighted by atomic mass is 32.2. The lowest BCUT2D eigenvalue weighted by molar-refractivity contribution is 0.388. The zero-order valence-electron chi connectivity index (χ0n) is 13.5. The van der Waals surface area contributed by atoms with E-state index in [1.165, 1.54) is 32.1 Å². The van der Waals surface area contributed by atoms with Gasteiger partial charge in [-0.3, -0.25) is 4.21 Å². The van der Waals surface area contributed by atoms with Crippen LogP contribution in [-0.4, -0.2) is 22.1 Å².